The average Bonchev–Trinajstić information content (AvgIpc) is 2.27. The van der Waals surface area contributed by atoms with E-state index in [2.05, 4.69) is 21.2 Å². The van der Waals surface area contributed by atoms with Gasteiger partial charge >= 0.3 is 12.1 Å². The van der Waals surface area contributed by atoms with Crippen LogP contribution in [0.4, 0.5) is 10.5 Å². The van der Waals surface area contributed by atoms with E-state index in [1.165, 1.54) is 13.2 Å². The first-order chi connectivity index (χ1) is 9.14. The van der Waals surface area contributed by atoms with Gasteiger partial charge in [-0.1, -0.05) is 15.9 Å². The molecule has 20 heavy (non-hydrogen) atoms. The van der Waals surface area contributed by atoms with Crippen molar-refractivity contribution in [2.45, 2.75) is 26.4 Å². The Balaban J connectivity index is 3.16. The van der Waals surface area contributed by atoms with Crippen LogP contribution in [0.25, 0.3) is 0 Å². The van der Waals surface area contributed by atoms with E-state index in [-0.39, 0.29) is 17.0 Å². The number of halogens is 1. The number of hydrogen-bond donors (Lipinski definition) is 2. The van der Waals surface area contributed by atoms with Crippen molar-refractivity contribution in [3.8, 4) is 5.75 Å². The zero-order valence-electron chi connectivity index (χ0n) is 11.6. The fraction of sp³-hybridized carbons (Fsp3) is 0.385. The quantitative estimate of drug-likeness (QED) is 0.875. The molecule has 7 heteroatoms. The van der Waals surface area contributed by atoms with Crippen LogP contribution in [0.3, 0.4) is 0 Å². The Morgan fingerprint density at radius 3 is 2.35 bits per heavy atom. The molecular formula is C13H16BrNO5. The molecule has 0 saturated heterocycles. The zero-order valence-corrected chi connectivity index (χ0v) is 13.2. The van der Waals surface area contributed by atoms with Gasteiger partial charge in [-0.2, -0.15) is 0 Å². The Hall–Kier alpha value is -1.76. The molecule has 0 aliphatic heterocycles. The van der Waals surface area contributed by atoms with Crippen molar-refractivity contribution in [1.29, 1.82) is 0 Å². The summed E-state index contributed by atoms with van der Waals surface area (Å²) >= 11 is 3.18. The molecule has 6 nitrogen and oxygen atoms in total. The highest BCUT2D eigenvalue weighted by Crippen LogP contribution is 2.33. The largest absolute Gasteiger partial charge is 0.495 e. The van der Waals surface area contributed by atoms with Crippen LogP contribution in [0, 0.1) is 0 Å². The molecule has 0 fully saturated rings. The van der Waals surface area contributed by atoms with Crippen LogP contribution in [-0.2, 0) is 4.74 Å². The number of carboxylic acids is 1. The highest BCUT2D eigenvalue weighted by atomic mass is 79.9. The molecule has 0 aliphatic carbocycles. The summed E-state index contributed by atoms with van der Waals surface area (Å²) in [7, 11) is 1.38. The smallest absolute Gasteiger partial charge is 0.412 e. The lowest BCUT2D eigenvalue weighted by Gasteiger charge is -2.21. The van der Waals surface area contributed by atoms with Crippen molar-refractivity contribution in [2.24, 2.45) is 0 Å². The molecule has 0 unspecified atom stereocenters. The molecule has 0 aliphatic rings. The van der Waals surface area contributed by atoms with E-state index in [0.717, 1.165) is 0 Å². The van der Waals surface area contributed by atoms with Crippen LogP contribution >= 0.6 is 15.9 Å². The standard InChI is InChI=1S/C13H16BrNO5/c1-13(2,3)20-12(18)15-10-8(11(16)17)5-7(14)6-9(10)19-4/h5-6H,1-4H3,(H,15,18)(H,16,17). The zero-order chi connectivity index (χ0) is 15.5. The maximum absolute atomic E-state index is 11.8. The minimum absolute atomic E-state index is 0.0532. The summed E-state index contributed by atoms with van der Waals surface area (Å²) < 4.78 is 10.7. The number of carbonyl (C=O) groups is 2. The van der Waals surface area contributed by atoms with Crippen molar-refractivity contribution in [3.63, 3.8) is 0 Å². The van der Waals surface area contributed by atoms with Crippen LogP contribution in [-0.4, -0.2) is 29.9 Å². The number of benzene rings is 1. The summed E-state index contributed by atoms with van der Waals surface area (Å²) in [4.78, 5) is 23.0. The van der Waals surface area contributed by atoms with E-state index in [1.807, 2.05) is 0 Å². The predicted molar refractivity (Wildman–Crippen MR) is 77.5 cm³/mol. The number of ether oxygens (including phenoxy) is 2. The molecule has 0 atom stereocenters. The SMILES string of the molecule is COc1cc(Br)cc(C(=O)O)c1NC(=O)OC(C)(C)C. The third-order valence-corrected chi connectivity index (χ3v) is 2.60. The summed E-state index contributed by atoms with van der Waals surface area (Å²) in [5.41, 5.74) is -0.727. The second kappa shape index (κ2) is 6.13. The van der Waals surface area contributed by atoms with E-state index in [4.69, 9.17) is 9.47 Å². The maximum Gasteiger partial charge on any atom is 0.412 e. The van der Waals surface area contributed by atoms with E-state index in [9.17, 15) is 14.7 Å². The van der Waals surface area contributed by atoms with Crippen LogP contribution in [0.1, 0.15) is 31.1 Å². The van der Waals surface area contributed by atoms with Gasteiger partial charge in [-0.25, -0.2) is 9.59 Å². The number of hydrogen-bond acceptors (Lipinski definition) is 4. The molecule has 0 aromatic heterocycles. The number of amides is 1. The van der Waals surface area contributed by atoms with Crippen molar-refractivity contribution in [1.82, 2.24) is 0 Å². The molecule has 2 N–H and O–H groups in total. The summed E-state index contributed by atoms with van der Waals surface area (Å²) in [6, 6.07) is 2.93. The van der Waals surface area contributed by atoms with Crippen molar-refractivity contribution in [3.05, 3.63) is 22.2 Å². The Bertz CT molecular complexity index is 536. The predicted octanol–water partition coefficient (Wildman–Crippen LogP) is 3.50. The normalized spacial score (nSPS) is 10.8. The van der Waals surface area contributed by atoms with Crippen LogP contribution in [0.15, 0.2) is 16.6 Å². The summed E-state index contributed by atoms with van der Waals surface area (Å²) in [6.07, 6.45) is -0.749. The number of aromatic carboxylic acids is 1. The summed E-state index contributed by atoms with van der Waals surface area (Å²) in [5, 5.41) is 11.6. The Morgan fingerprint density at radius 2 is 1.90 bits per heavy atom. The fourth-order valence-electron chi connectivity index (χ4n) is 1.45. The van der Waals surface area contributed by atoms with Gasteiger partial charge in [0.2, 0.25) is 0 Å². The van der Waals surface area contributed by atoms with Crippen LogP contribution in [0.2, 0.25) is 0 Å². The maximum atomic E-state index is 11.8. The monoisotopic (exact) mass is 345 g/mol. The topological polar surface area (TPSA) is 84.9 Å². The number of anilines is 1. The van der Waals surface area contributed by atoms with Gasteiger partial charge < -0.3 is 14.6 Å². The Labute approximate surface area is 125 Å². The Morgan fingerprint density at radius 1 is 1.30 bits per heavy atom. The first-order valence-corrected chi connectivity index (χ1v) is 6.54. The lowest BCUT2D eigenvalue weighted by Crippen LogP contribution is -2.28. The molecule has 0 saturated carbocycles. The molecule has 1 aromatic rings. The lowest BCUT2D eigenvalue weighted by molar-refractivity contribution is 0.0635. The van der Waals surface area contributed by atoms with E-state index in [1.54, 1.807) is 26.8 Å². The van der Waals surface area contributed by atoms with Crippen molar-refractivity contribution < 1.29 is 24.2 Å². The molecular weight excluding hydrogens is 330 g/mol. The summed E-state index contributed by atoms with van der Waals surface area (Å²) in [5.74, 6) is -0.960. The van der Waals surface area contributed by atoms with Crippen LogP contribution in [0.5, 0.6) is 5.75 Å². The molecule has 1 rings (SSSR count). The van der Waals surface area contributed by atoms with Gasteiger partial charge in [0.05, 0.1) is 12.7 Å². The van der Waals surface area contributed by atoms with E-state index < -0.39 is 17.7 Å². The highest BCUT2D eigenvalue weighted by Gasteiger charge is 2.22. The van der Waals surface area contributed by atoms with Gasteiger partial charge in [-0.15, -0.1) is 0 Å². The second-order valence-electron chi connectivity index (χ2n) is 4.96. The van der Waals surface area contributed by atoms with Gasteiger partial charge in [0.25, 0.3) is 0 Å². The van der Waals surface area contributed by atoms with E-state index >= 15 is 0 Å². The molecule has 1 amide bonds. The van der Waals surface area contributed by atoms with Crippen molar-refractivity contribution in [2.75, 3.05) is 12.4 Å². The molecule has 0 radical (unpaired) electrons. The average molecular weight is 346 g/mol. The number of carbonyl (C=O) groups excluding carboxylic acids is 1. The van der Waals surface area contributed by atoms with Gasteiger partial charge in [0.1, 0.15) is 17.0 Å². The molecule has 110 valence electrons. The van der Waals surface area contributed by atoms with Gasteiger partial charge in [-0.05, 0) is 32.9 Å². The van der Waals surface area contributed by atoms with Crippen LogP contribution < -0.4 is 10.1 Å². The van der Waals surface area contributed by atoms with Crippen molar-refractivity contribution >= 4 is 33.7 Å². The van der Waals surface area contributed by atoms with E-state index in [0.29, 0.717) is 4.47 Å². The molecule has 0 spiro atoms. The highest BCUT2D eigenvalue weighted by molar-refractivity contribution is 9.10. The third-order valence-electron chi connectivity index (χ3n) is 2.14. The van der Waals surface area contributed by atoms with Gasteiger partial charge in [-0.3, -0.25) is 5.32 Å². The molecule has 0 bridgehead atoms. The number of carboxylic acid groups (broad SMARTS) is 1. The lowest BCUT2D eigenvalue weighted by atomic mass is 10.1. The second-order valence-corrected chi connectivity index (χ2v) is 5.88. The number of methoxy groups -OCH3 is 1. The minimum atomic E-state index is -1.18. The molecule has 0 heterocycles. The first-order valence-electron chi connectivity index (χ1n) is 5.75. The molecule has 1 aromatic carbocycles. The first kappa shape index (κ1) is 16.3. The summed E-state index contributed by atoms with van der Waals surface area (Å²) in [6.45, 7) is 5.14. The van der Waals surface area contributed by atoms with Gasteiger partial charge in [0.15, 0.2) is 0 Å². The third kappa shape index (κ3) is 4.41. The minimum Gasteiger partial charge on any atom is -0.495 e. The number of rotatable bonds is 3. The Kier molecular flexibility index (Phi) is 4.99. The number of nitrogens with one attached hydrogen (secondary N) is 1. The van der Waals surface area contributed by atoms with Gasteiger partial charge in [0, 0.05) is 4.47 Å². The fourth-order valence-corrected chi connectivity index (χ4v) is 1.88.